The smallest absolute Gasteiger partial charge is 0.461 e. The summed E-state index contributed by atoms with van der Waals surface area (Å²) in [7, 11) is -4.00. The van der Waals surface area contributed by atoms with Gasteiger partial charge < -0.3 is 14.2 Å². The Morgan fingerprint density at radius 3 is 2.81 bits per heavy atom. The second-order valence-corrected chi connectivity index (χ2v) is 9.53. The van der Waals surface area contributed by atoms with Gasteiger partial charge in [-0.2, -0.15) is 0 Å². The number of rotatable bonds is 8. The molecule has 3 rings (SSSR count). The lowest BCUT2D eigenvalue weighted by Crippen LogP contribution is -2.49. The highest BCUT2D eigenvalue weighted by Crippen LogP contribution is 2.59. The van der Waals surface area contributed by atoms with E-state index in [0.29, 0.717) is 0 Å². The highest BCUT2D eigenvalue weighted by Gasteiger charge is 2.61. The zero-order valence-electron chi connectivity index (χ0n) is 18.1. The summed E-state index contributed by atoms with van der Waals surface area (Å²) in [4.78, 5) is 36.5. The third-order valence-electron chi connectivity index (χ3n) is 5.05. The zero-order chi connectivity index (χ0) is 23.5. The van der Waals surface area contributed by atoms with Crippen molar-refractivity contribution in [3.05, 3.63) is 12.3 Å². The molecule has 1 amide bonds. The molecular formula is C20H26NO10P. The molecule has 12 heteroatoms. The Labute approximate surface area is 185 Å². The van der Waals surface area contributed by atoms with Crippen LogP contribution >= 0.6 is 7.82 Å². The van der Waals surface area contributed by atoms with Crippen molar-refractivity contribution in [2.24, 2.45) is 5.41 Å². The minimum atomic E-state index is -4.00. The summed E-state index contributed by atoms with van der Waals surface area (Å²) < 4.78 is 45.1. The van der Waals surface area contributed by atoms with E-state index < -0.39 is 43.6 Å². The van der Waals surface area contributed by atoms with E-state index in [1.165, 1.54) is 17.2 Å². The lowest BCUT2D eigenvalue weighted by Gasteiger charge is -2.37. The summed E-state index contributed by atoms with van der Waals surface area (Å²) >= 11 is 0. The van der Waals surface area contributed by atoms with Gasteiger partial charge in [-0.05, 0) is 26.8 Å². The maximum Gasteiger partial charge on any atom is 0.475 e. The maximum absolute atomic E-state index is 12.9. The van der Waals surface area contributed by atoms with E-state index in [1.807, 2.05) is 0 Å². The van der Waals surface area contributed by atoms with E-state index in [-0.39, 0.29) is 44.7 Å². The number of amides is 1. The van der Waals surface area contributed by atoms with Crippen molar-refractivity contribution in [2.45, 2.75) is 51.7 Å². The summed E-state index contributed by atoms with van der Waals surface area (Å²) in [6, 6.07) is 0. The molecule has 2 fully saturated rings. The van der Waals surface area contributed by atoms with Crippen LogP contribution in [0.25, 0.3) is 0 Å². The van der Waals surface area contributed by atoms with E-state index >= 15 is 0 Å². The van der Waals surface area contributed by atoms with Crippen LogP contribution in [0.3, 0.4) is 0 Å². The highest BCUT2D eigenvalue weighted by molar-refractivity contribution is 7.48. The van der Waals surface area contributed by atoms with Crippen LogP contribution in [-0.4, -0.2) is 73.5 Å². The van der Waals surface area contributed by atoms with Crippen molar-refractivity contribution in [3.8, 4) is 12.3 Å². The second kappa shape index (κ2) is 9.83. The molecule has 2 saturated heterocycles. The molecule has 3 aliphatic heterocycles. The minimum absolute atomic E-state index is 0.0510. The number of phosphoric acid groups is 1. The Bertz CT molecular complexity index is 880. The van der Waals surface area contributed by atoms with Gasteiger partial charge in [0, 0.05) is 6.20 Å². The molecule has 0 spiro atoms. The van der Waals surface area contributed by atoms with Crippen molar-refractivity contribution in [3.63, 3.8) is 0 Å². The van der Waals surface area contributed by atoms with Crippen molar-refractivity contribution in [1.82, 2.24) is 4.90 Å². The molecule has 0 radical (unpaired) electrons. The summed E-state index contributed by atoms with van der Waals surface area (Å²) in [5, 5.41) is 0. The summed E-state index contributed by atoms with van der Waals surface area (Å²) in [6.07, 6.45) is 5.27. The number of carbonyl (C=O) groups excluding carboxylic acids is 3. The molecule has 176 valence electrons. The van der Waals surface area contributed by atoms with Gasteiger partial charge in [0.1, 0.15) is 24.2 Å². The fourth-order valence-corrected chi connectivity index (χ4v) is 4.99. The zero-order valence-corrected chi connectivity index (χ0v) is 18.9. The van der Waals surface area contributed by atoms with E-state index in [9.17, 15) is 18.9 Å². The standard InChI is InChI=1S/C20H26NO10P/c1-5-20(4)18-15(30-19(20)21-7-6-14(22)10-16(21)23)11-28-32(25,31-18)27-9-8-26-12-17(24)29-13(2)3/h1,6-7,13,15,18-19H,8-12H2,2-4H3/t15-,18-,19-,20-,32+/m1/s1. The van der Waals surface area contributed by atoms with E-state index in [2.05, 4.69) is 5.92 Å². The van der Waals surface area contributed by atoms with Gasteiger partial charge in [-0.15, -0.1) is 6.42 Å². The predicted molar refractivity (Wildman–Crippen MR) is 108 cm³/mol. The van der Waals surface area contributed by atoms with Gasteiger partial charge in [0.2, 0.25) is 5.91 Å². The molecule has 0 N–H and O–H groups in total. The second-order valence-electron chi connectivity index (χ2n) is 7.91. The lowest BCUT2D eigenvalue weighted by atomic mass is 9.82. The van der Waals surface area contributed by atoms with Gasteiger partial charge in [0.25, 0.3) is 0 Å². The fourth-order valence-electron chi connectivity index (χ4n) is 3.53. The highest BCUT2D eigenvalue weighted by atomic mass is 31.2. The van der Waals surface area contributed by atoms with Gasteiger partial charge in [-0.25, -0.2) is 9.36 Å². The van der Waals surface area contributed by atoms with Crippen LogP contribution in [0.2, 0.25) is 0 Å². The van der Waals surface area contributed by atoms with Gasteiger partial charge >= 0.3 is 13.8 Å². The molecule has 11 nitrogen and oxygen atoms in total. The topological polar surface area (TPSA) is 127 Å². The molecule has 5 atom stereocenters. The normalized spacial score (nSPS) is 34.5. The molecule has 3 heterocycles. The molecule has 0 unspecified atom stereocenters. The number of nitrogens with zero attached hydrogens (tertiary/aromatic N) is 1. The summed E-state index contributed by atoms with van der Waals surface area (Å²) in [5.74, 6) is 1.28. The molecule has 32 heavy (non-hydrogen) atoms. The largest absolute Gasteiger partial charge is 0.475 e. The molecule has 0 aliphatic carbocycles. The van der Waals surface area contributed by atoms with Crippen LogP contribution in [-0.2, 0) is 46.7 Å². The van der Waals surface area contributed by atoms with E-state index in [1.54, 1.807) is 20.8 Å². The van der Waals surface area contributed by atoms with Crippen molar-refractivity contribution in [2.75, 3.05) is 26.4 Å². The number of terminal acetylenes is 1. The Kier molecular flexibility index (Phi) is 7.55. The first kappa shape index (κ1) is 24.6. The number of allylic oxidation sites excluding steroid dienone is 1. The first-order valence-electron chi connectivity index (χ1n) is 10.1. The van der Waals surface area contributed by atoms with Crippen molar-refractivity contribution in [1.29, 1.82) is 0 Å². The number of hydrogen-bond acceptors (Lipinski definition) is 10. The lowest BCUT2D eigenvalue weighted by molar-refractivity contribution is -0.153. The van der Waals surface area contributed by atoms with E-state index in [0.717, 1.165) is 0 Å². The fraction of sp³-hybridized carbons (Fsp3) is 0.650. The first-order chi connectivity index (χ1) is 15.1. The Morgan fingerprint density at radius 2 is 2.16 bits per heavy atom. The number of phosphoric ester groups is 1. The maximum atomic E-state index is 12.9. The van der Waals surface area contributed by atoms with Crippen LogP contribution in [0.5, 0.6) is 0 Å². The number of esters is 1. The van der Waals surface area contributed by atoms with Crippen molar-refractivity contribution < 1.29 is 46.7 Å². The monoisotopic (exact) mass is 471 g/mol. The molecular weight excluding hydrogens is 445 g/mol. The van der Waals surface area contributed by atoms with Crippen LogP contribution in [0.1, 0.15) is 27.2 Å². The van der Waals surface area contributed by atoms with Crippen molar-refractivity contribution >= 4 is 25.5 Å². The molecule has 3 aliphatic rings. The average Bonchev–Trinajstić information content (AvgIpc) is 2.99. The Hall–Kier alpha value is -2.06. The third-order valence-corrected chi connectivity index (χ3v) is 6.50. The van der Waals surface area contributed by atoms with Gasteiger partial charge in [0.05, 0.1) is 32.3 Å². The van der Waals surface area contributed by atoms with Crippen LogP contribution in [0, 0.1) is 17.8 Å². The Morgan fingerprint density at radius 1 is 1.41 bits per heavy atom. The quantitative estimate of drug-likeness (QED) is 0.167. The van der Waals surface area contributed by atoms with Crippen LogP contribution < -0.4 is 0 Å². The number of hydrogen-bond donors (Lipinski definition) is 0. The predicted octanol–water partition coefficient (Wildman–Crippen LogP) is 1.17. The average molecular weight is 471 g/mol. The van der Waals surface area contributed by atoms with Gasteiger partial charge in [-0.3, -0.25) is 28.1 Å². The Balaban J connectivity index is 1.59. The summed E-state index contributed by atoms with van der Waals surface area (Å²) in [5.41, 5.74) is -1.19. The van der Waals surface area contributed by atoms with Crippen LogP contribution in [0.15, 0.2) is 12.3 Å². The van der Waals surface area contributed by atoms with Gasteiger partial charge in [-0.1, -0.05) is 5.92 Å². The van der Waals surface area contributed by atoms with E-state index in [4.69, 9.17) is 34.2 Å². The third kappa shape index (κ3) is 5.29. The molecule has 0 aromatic rings. The SMILES string of the molecule is C#C[C@]1(C)[C@@H]2O[P@@](=O)(OCCOCC(=O)OC(C)C)OC[C@H]2O[C@H]1N1C=CC(=O)CC1=O. The van der Waals surface area contributed by atoms with Crippen LogP contribution in [0.4, 0.5) is 0 Å². The number of carbonyl (C=O) groups is 3. The molecule has 0 saturated carbocycles. The number of fused-ring (bicyclic) bond motifs is 1. The molecule has 0 bridgehead atoms. The summed E-state index contributed by atoms with van der Waals surface area (Å²) in [6.45, 7) is 4.44. The number of ether oxygens (including phenoxy) is 3. The first-order valence-corrected chi connectivity index (χ1v) is 11.5. The minimum Gasteiger partial charge on any atom is -0.461 e. The molecule has 0 aromatic heterocycles. The number of ketones is 1. The molecule has 0 aromatic carbocycles. The van der Waals surface area contributed by atoms with Gasteiger partial charge in [0.15, 0.2) is 12.0 Å².